The number of carbonyl (C=O) groups excluding carboxylic acids is 1. The maximum Gasteiger partial charge on any atom is 0.333 e. The first-order valence-corrected chi connectivity index (χ1v) is 5.36. The fourth-order valence-corrected chi connectivity index (χ4v) is 2.06. The Morgan fingerprint density at radius 3 is 2.38 bits per heavy atom. The van der Waals surface area contributed by atoms with E-state index >= 15 is 0 Å². The molecule has 0 atom stereocenters. The van der Waals surface area contributed by atoms with Gasteiger partial charge in [-0.1, -0.05) is 26.3 Å². The van der Waals surface area contributed by atoms with Crippen molar-refractivity contribution >= 4 is 5.97 Å². The predicted octanol–water partition coefficient (Wildman–Crippen LogP) is 3.32. The highest BCUT2D eigenvalue weighted by Crippen LogP contribution is 2.43. The minimum atomic E-state index is -2.78. The SMILES string of the molecule is COC(=O)C1=C(C(C)(C)C)CCC(F)(F)C1. The molecule has 0 spiro atoms. The van der Waals surface area contributed by atoms with Gasteiger partial charge in [0.2, 0.25) is 0 Å². The summed E-state index contributed by atoms with van der Waals surface area (Å²) in [6.45, 7) is 5.78. The molecule has 0 aromatic carbocycles. The summed E-state index contributed by atoms with van der Waals surface area (Å²) < 4.78 is 31.1. The summed E-state index contributed by atoms with van der Waals surface area (Å²) in [5.41, 5.74) is 0.691. The van der Waals surface area contributed by atoms with Crippen molar-refractivity contribution < 1.29 is 18.3 Å². The summed E-state index contributed by atoms with van der Waals surface area (Å²) in [6, 6.07) is 0. The topological polar surface area (TPSA) is 26.3 Å². The summed E-state index contributed by atoms with van der Waals surface area (Å²) in [4.78, 5) is 11.5. The van der Waals surface area contributed by atoms with Gasteiger partial charge in [-0.15, -0.1) is 0 Å². The van der Waals surface area contributed by atoms with E-state index in [4.69, 9.17) is 0 Å². The van der Waals surface area contributed by atoms with E-state index in [-0.39, 0.29) is 23.8 Å². The Hall–Kier alpha value is -0.930. The molecule has 1 aliphatic rings. The van der Waals surface area contributed by atoms with Gasteiger partial charge in [-0.25, -0.2) is 13.6 Å². The van der Waals surface area contributed by atoms with Crippen molar-refractivity contribution in [3.8, 4) is 0 Å². The normalized spacial score (nSPS) is 20.9. The average Bonchev–Trinajstić information content (AvgIpc) is 2.13. The largest absolute Gasteiger partial charge is 0.466 e. The minimum Gasteiger partial charge on any atom is -0.466 e. The summed E-state index contributed by atoms with van der Waals surface area (Å²) in [5, 5.41) is 0. The second kappa shape index (κ2) is 4.15. The van der Waals surface area contributed by atoms with Crippen LogP contribution < -0.4 is 0 Å². The van der Waals surface area contributed by atoms with E-state index in [1.54, 1.807) is 0 Å². The van der Waals surface area contributed by atoms with E-state index < -0.39 is 18.3 Å². The van der Waals surface area contributed by atoms with Crippen LogP contribution in [0.3, 0.4) is 0 Å². The zero-order valence-electron chi connectivity index (χ0n) is 10.2. The number of alkyl halides is 2. The molecule has 1 aliphatic carbocycles. The van der Waals surface area contributed by atoms with E-state index in [0.29, 0.717) is 0 Å². The van der Waals surface area contributed by atoms with Crippen LogP contribution in [0.5, 0.6) is 0 Å². The Labute approximate surface area is 94.7 Å². The number of hydrogen-bond donors (Lipinski definition) is 0. The summed E-state index contributed by atoms with van der Waals surface area (Å²) in [7, 11) is 1.22. The van der Waals surface area contributed by atoms with Crippen molar-refractivity contribution in [3.63, 3.8) is 0 Å². The van der Waals surface area contributed by atoms with Crippen molar-refractivity contribution in [1.82, 2.24) is 0 Å². The molecule has 0 saturated carbocycles. The maximum absolute atomic E-state index is 13.3. The minimum absolute atomic E-state index is 0.159. The lowest BCUT2D eigenvalue weighted by atomic mass is 9.75. The zero-order valence-corrected chi connectivity index (χ0v) is 10.2. The van der Waals surface area contributed by atoms with Crippen LogP contribution in [0.25, 0.3) is 0 Å². The fraction of sp³-hybridized carbons (Fsp3) is 0.750. The van der Waals surface area contributed by atoms with E-state index in [0.717, 1.165) is 5.57 Å². The quantitative estimate of drug-likeness (QED) is 0.648. The van der Waals surface area contributed by atoms with E-state index in [2.05, 4.69) is 4.74 Å². The molecule has 92 valence electrons. The first kappa shape index (κ1) is 13.1. The number of methoxy groups -OCH3 is 1. The van der Waals surface area contributed by atoms with Crippen LogP contribution in [0.15, 0.2) is 11.1 Å². The van der Waals surface area contributed by atoms with Crippen LogP contribution in [-0.2, 0) is 9.53 Å². The van der Waals surface area contributed by atoms with Crippen molar-refractivity contribution in [1.29, 1.82) is 0 Å². The highest BCUT2D eigenvalue weighted by Gasteiger charge is 2.40. The molecule has 0 heterocycles. The van der Waals surface area contributed by atoms with E-state index in [1.807, 2.05) is 20.8 Å². The van der Waals surface area contributed by atoms with Gasteiger partial charge >= 0.3 is 5.97 Å². The molecule has 2 nitrogen and oxygen atoms in total. The number of allylic oxidation sites excluding steroid dienone is 1. The number of rotatable bonds is 1. The van der Waals surface area contributed by atoms with Gasteiger partial charge in [0.15, 0.2) is 0 Å². The molecule has 0 radical (unpaired) electrons. The predicted molar refractivity (Wildman–Crippen MR) is 57.3 cm³/mol. The third-order valence-corrected chi connectivity index (χ3v) is 2.88. The molecular formula is C12H18F2O2. The van der Waals surface area contributed by atoms with Crippen LogP contribution in [0.1, 0.15) is 40.0 Å². The number of hydrogen-bond acceptors (Lipinski definition) is 2. The van der Waals surface area contributed by atoms with E-state index in [9.17, 15) is 13.6 Å². The molecule has 0 unspecified atom stereocenters. The van der Waals surface area contributed by atoms with Crippen LogP contribution in [-0.4, -0.2) is 19.0 Å². The molecule has 0 amide bonds. The van der Waals surface area contributed by atoms with Crippen LogP contribution in [0, 0.1) is 5.41 Å². The molecule has 1 rings (SSSR count). The van der Waals surface area contributed by atoms with Crippen molar-refractivity contribution in [3.05, 3.63) is 11.1 Å². The smallest absolute Gasteiger partial charge is 0.333 e. The number of halogens is 2. The highest BCUT2D eigenvalue weighted by molar-refractivity contribution is 5.90. The molecule has 0 N–H and O–H groups in total. The Morgan fingerprint density at radius 1 is 1.38 bits per heavy atom. The molecule has 0 fully saturated rings. The van der Waals surface area contributed by atoms with Gasteiger partial charge < -0.3 is 4.74 Å². The third kappa shape index (κ3) is 2.80. The van der Waals surface area contributed by atoms with Crippen molar-refractivity contribution in [2.75, 3.05) is 7.11 Å². The first-order chi connectivity index (χ1) is 7.17. The maximum atomic E-state index is 13.3. The lowest BCUT2D eigenvalue weighted by molar-refractivity contribution is -0.138. The van der Waals surface area contributed by atoms with Gasteiger partial charge in [0.25, 0.3) is 5.92 Å². The Morgan fingerprint density at radius 2 is 1.94 bits per heavy atom. The number of ether oxygens (including phenoxy) is 1. The second-order valence-electron chi connectivity index (χ2n) is 5.23. The zero-order chi connectivity index (χ0) is 12.6. The molecular weight excluding hydrogens is 214 g/mol. The number of carbonyl (C=O) groups is 1. The molecule has 0 saturated heterocycles. The molecule has 4 heteroatoms. The summed E-state index contributed by atoms with van der Waals surface area (Å²) >= 11 is 0. The molecule has 0 aromatic rings. The highest BCUT2D eigenvalue weighted by atomic mass is 19.3. The van der Waals surface area contributed by atoms with Crippen LogP contribution >= 0.6 is 0 Å². The van der Waals surface area contributed by atoms with Gasteiger partial charge in [0, 0.05) is 18.4 Å². The fourth-order valence-electron chi connectivity index (χ4n) is 2.06. The monoisotopic (exact) mass is 232 g/mol. The molecule has 0 aliphatic heterocycles. The average molecular weight is 232 g/mol. The van der Waals surface area contributed by atoms with Gasteiger partial charge in [0.1, 0.15) is 0 Å². The molecule has 0 bridgehead atoms. The Bertz CT molecular complexity index is 324. The van der Waals surface area contributed by atoms with Crippen molar-refractivity contribution in [2.24, 2.45) is 5.41 Å². The standard InChI is InChI=1S/C12H18F2O2/c1-11(2,3)9-5-6-12(13,14)7-8(9)10(15)16-4/h5-7H2,1-4H3. The van der Waals surface area contributed by atoms with Gasteiger partial charge in [-0.2, -0.15) is 0 Å². The first-order valence-electron chi connectivity index (χ1n) is 5.36. The molecule has 0 aromatic heterocycles. The number of esters is 1. The lowest BCUT2D eigenvalue weighted by Gasteiger charge is -2.32. The van der Waals surface area contributed by atoms with Crippen LogP contribution in [0.2, 0.25) is 0 Å². The van der Waals surface area contributed by atoms with Crippen molar-refractivity contribution in [2.45, 2.75) is 46.0 Å². The van der Waals surface area contributed by atoms with Gasteiger partial charge in [0.05, 0.1) is 7.11 Å². The Balaban J connectivity index is 3.15. The van der Waals surface area contributed by atoms with Crippen LogP contribution in [0.4, 0.5) is 8.78 Å². The summed E-state index contributed by atoms with van der Waals surface area (Å²) in [6.07, 6.45) is -0.409. The molecule has 16 heavy (non-hydrogen) atoms. The lowest BCUT2D eigenvalue weighted by Crippen LogP contribution is -2.30. The Kier molecular flexibility index (Phi) is 3.41. The summed E-state index contributed by atoms with van der Waals surface area (Å²) in [5.74, 6) is -3.40. The third-order valence-electron chi connectivity index (χ3n) is 2.88. The van der Waals surface area contributed by atoms with E-state index in [1.165, 1.54) is 7.11 Å². The van der Waals surface area contributed by atoms with Gasteiger partial charge in [-0.3, -0.25) is 0 Å². The van der Waals surface area contributed by atoms with Gasteiger partial charge in [-0.05, 0) is 11.8 Å². The second-order valence-corrected chi connectivity index (χ2v) is 5.23.